The summed E-state index contributed by atoms with van der Waals surface area (Å²) in [6.07, 6.45) is 0.239. The first-order valence-corrected chi connectivity index (χ1v) is 8.19. The Morgan fingerprint density at radius 3 is 2.33 bits per heavy atom. The predicted molar refractivity (Wildman–Crippen MR) is 86.6 cm³/mol. The third kappa shape index (κ3) is 2.55. The van der Waals surface area contributed by atoms with Crippen LogP contribution in [0, 0.1) is 0 Å². The Bertz CT molecular complexity index is 595. The second-order valence-electron chi connectivity index (χ2n) is 5.35. The summed E-state index contributed by atoms with van der Waals surface area (Å²) in [6.45, 7) is 3.58. The molecule has 0 spiro atoms. The summed E-state index contributed by atoms with van der Waals surface area (Å²) in [5.74, 6) is 0. The van der Waals surface area contributed by atoms with Crippen LogP contribution >= 0.6 is 11.8 Å². The lowest BCUT2D eigenvalue weighted by Crippen LogP contribution is -2.44. The molecule has 0 saturated carbocycles. The molecule has 0 amide bonds. The van der Waals surface area contributed by atoms with Gasteiger partial charge in [0, 0.05) is 22.9 Å². The van der Waals surface area contributed by atoms with Gasteiger partial charge in [0.15, 0.2) is 0 Å². The monoisotopic (exact) mass is 298 g/mol. The smallest absolute Gasteiger partial charge is 0.0878 e. The lowest BCUT2D eigenvalue weighted by Gasteiger charge is -2.36. The number of fused-ring (bicyclic) bond motifs is 2. The van der Waals surface area contributed by atoms with Crippen molar-refractivity contribution in [1.29, 1.82) is 0 Å². The second kappa shape index (κ2) is 5.72. The maximum absolute atomic E-state index is 5.90. The van der Waals surface area contributed by atoms with Gasteiger partial charge in [0.2, 0.25) is 0 Å². The van der Waals surface area contributed by atoms with Crippen LogP contribution in [-0.2, 0) is 4.74 Å². The van der Waals surface area contributed by atoms with Crippen LogP contribution in [0.5, 0.6) is 0 Å². The molecule has 1 fully saturated rings. The molecule has 0 radical (unpaired) electrons. The van der Waals surface area contributed by atoms with Crippen molar-refractivity contribution in [2.24, 2.45) is 0 Å². The van der Waals surface area contributed by atoms with Crippen LogP contribution < -0.4 is 10.2 Å². The fraction of sp³-hybridized carbons (Fsp3) is 0.294. The molecule has 108 valence electrons. The molecule has 0 aromatic heterocycles. The molecule has 4 rings (SSSR count). The van der Waals surface area contributed by atoms with Crippen molar-refractivity contribution in [2.45, 2.75) is 15.9 Å². The highest BCUT2D eigenvalue weighted by Crippen LogP contribution is 2.47. The maximum Gasteiger partial charge on any atom is 0.0878 e. The highest BCUT2D eigenvalue weighted by atomic mass is 32.2. The van der Waals surface area contributed by atoms with Crippen LogP contribution in [0.2, 0.25) is 0 Å². The van der Waals surface area contributed by atoms with Gasteiger partial charge in [0.05, 0.1) is 30.6 Å². The summed E-state index contributed by atoms with van der Waals surface area (Å²) < 4.78 is 5.90. The van der Waals surface area contributed by atoms with Gasteiger partial charge in [0.25, 0.3) is 0 Å². The molecule has 0 aliphatic carbocycles. The number of hydrogen-bond donors (Lipinski definition) is 1. The largest absolute Gasteiger partial charge is 0.374 e. The van der Waals surface area contributed by atoms with Crippen LogP contribution in [-0.4, -0.2) is 32.3 Å². The minimum Gasteiger partial charge on any atom is -0.374 e. The van der Waals surface area contributed by atoms with E-state index in [0.717, 1.165) is 26.2 Å². The summed E-state index contributed by atoms with van der Waals surface area (Å²) >= 11 is 1.85. The van der Waals surface area contributed by atoms with Crippen LogP contribution in [0.4, 0.5) is 11.4 Å². The molecule has 21 heavy (non-hydrogen) atoms. The third-order valence-electron chi connectivity index (χ3n) is 3.92. The lowest BCUT2D eigenvalue weighted by atomic mass is 10.2. The average Bonchev–Trinajstić information content (AvgIpc) is 2.55. The molecule has 4 heteroatoms. The van der Waals surface area contributed by atoms with Gasteiger partial charge in [0.1, 0.15) is 0 Å². The van der Waals surface area contributed by atoms with Crippen molar-refractivity contribution >= 4 is 23.1 Å². The maximum atomic E-state index is 5.90. The van der Waals surface area contributed by atoms with Crippen LogP contribution in [0.25, 0.3) is 0 Å². The molecular weight excluding hydrogens is 280 g/mol. The van der Waals surface area contributed by atoms with Gasteiger partial charge in [-0.2, -0.15) is 0 Å². The number of nitrogens with one attached hydrogen (secondary N) is 1. The number of para-hydroxylation sites is 2. The van der Waals surface area contributed by atoms with Crippen LogP contribution in [0.1, 0.15) is 0 Å². The summed E-state index contributed by atoms with van der Waals surface area (Å²) in [4.78, 5) is 5.04. The van der Waals surface area contributed by atoms with Gasteiger partial charge >= 0.3 is 0 Å². The van der Waals surface area contributed by atoms with E-state index in [0.29, 0.717) is 0 Å². The number of hydrogen-bond acceptors (Lipinski definition) is 4. The Morgan fingerprint density at radius 2 is 1.71 bits per heavy atom. The van der Waals surface area contributed by atoms with Gasteiger partial charge in [-0.3, -0.25) is 0 Å². The molecule has 0 bridgehead atoms. The highest BCUT2D eigenvalue weighted by molar-refractivity contribution is 7.99. The van der Waals surface area contributed by atoms with Gasteiger partial charge < -0.3 is 15.0 Å². The van der Waals surface area contributed by atoms with Gasteiger partial charge in [-0.1, -0.05) is 36.0 Å². The number of rotatable bonds is 2. The molecule has 1 N–H and O–H groups in total. The quantitative estimate of drug-likeness (QED) is 0.919. The number of ether oxygens (including phenoxy) is 1. The third-order valence-corrected chi connectivity index (χ3v) is 5.05. The summed E-state index contributed by atoms with van der Waals surface area (Å²) in [5.41, 5.74) is 2.57. The minimum atomic E-state index is 0.239. The van der Waals surface area contributed by atoms with Crippen molar-refractivity contribution in [1.82, 2.24) is 5.32 Å². The Hall–Kier alpha value is -1.49. The number of nitrogens with zero attached hydrogens (tertiary/aromatic N) is 1. The Labute approximate surface area is 129 Å². The molecule has 2 aliphatic rings. The first-order valence-electron chi connectivity index (χ1n) is 7.37. The van der Waals surface area contributed by atoms with Gasteiger partial charge in [-0.15, -0.1) is 0 Å². The fourth-order valence-corrected chi connectivity index (χ4v) is 4.01. The van der Waals surface area contributed by atoms with Crippen molar-refractivity contribution in [3.8, 4) is 0 Å². The lowest BCUT2D eigenvalue weighted by molar-refractivity contribution is 0.0345. The molecule has 2 aromatic carbocycles. The summed E-state index contributed by atoms with van der Waals surface area (Å²) in [6, 6.07) is 17.2. The highest BCUT2D eigenvalue weighted by Gasteiger charge is 2.26. The second-order valence-corrected chi connectivity index (χ2v) is 6.43. The van der Waals surface area contributed by atoms with Crippen LogP contribution in [0.3, 0.4) is 0 Å². The standard InChI is InChI=1S/C17H18N2OS/c1-3-7-16-14(5-1)19(12-13-11-18-9-10-20-13)15-6-2-4-8-17(15)21-16/h1-8,13,18H,9-12H2. The van der Waals surface area contributed by atoms with Gasteiger partial charge in [-0.25, -0.2) is 0 Å². The van der Waals surface area contributed by atoms with Gasteiger partial charge in [-0.05, 0) is 24.3 Å². The van der Waals surface area contributed by atoms with Crippen molar-refractivity contribution < 1.29 is 4.74 Å². The van der Waals surface area contributed by atoms with E-state index in [1.807, 2.05) is 11.8 Å². The van der Waals surface area contributed by atoms with Crippen LogP contribution in [0.15, 0.2) is 58.3 Å². The number of benzene rings is 2. The first kappa shape index (κ1) is 13.2. The zero-order valence-corrected chi connectivity index (χ0v) is 12.6. The van der Waals surface area contributed by atoms with E-state index in [-0.39, 0.29) is 6.10 Å². The zero-order chi connectivity index (χ0) is 14.1. The first-order chi connectivity index (χ1) is 10.4. The topological polar surface area (TPSA) is 24.5 Å². The Balaban J connectivity index is 1.70. The van der Waals surface area contributed by atoms with E-state index < -0.39 is 0 Å². The molecule has 2 aliphatic heterocycles. The van der Waals surface area contributed by atoms with E-state index in [1.165, 1.54) is 21.2 Å². The summed E-state index contributed by atoms with van der Waals surface area (Å²) in [7, 11) is 0. The van der Waals surface area contributed by atoms with E-state index in [4.69, 9.17) is 4.74 Å². The van der Waals surface area contributed by atoms with E-state index in [9.17, 15) is 0 Å². The Kier molecular flexibility index (Phi) is 3.59. The molecule has 3 nitrogen and oxygen atoms in total. The predicted octanol–water partition coefficient (Wildman–Crippen LogP) is 3.28. The van der Waals surface area contributed by atoms with E-state index in [2.05, 4.69) is 58.7 Å². The molecule has 2 heterocycles. The SMILES string of the molecule is c1ccc2c(c1)Sc1ccccc1N2CC1CNCCO1. The van der Waals surface area contributed by atoms with E-state index in [1.54, 1.807) is 0 Å². The minimum absolute atomic E-state index is 0.239. The fourth-order valence-electron chi connectivity index (χ4n) is 2.92. The Morgan fingerprint density at radius 1 is 1.05 bits per heavy atom. The molecule has 2 aromatic rings. The summed E-state index contributed by atoms with van der Waals surface area (Å²) in [5, 5.41) is 3.42. The zero-order valence-electron chi connectivity index (χ0n) is 11.8. The normalized spacial score (nSPS) is 20.8. The molecular formula is C17H18N2OS. The molecule has 1 unspecified atom stereocenters. The van der Waals surface area contributed by atoms with Crippen molar-refractivity contribution in [3.05, 3.63) is 48.5 Å². The number of anilines is 2. The molecule has 1 saturated heterocycles. The van der Waals surface area contributed by atoms with Crippen molar-refractivity contribution in [2.75, 3.05) is 31.1 Å². The van der Waals surface area contributed by atoms with Crippen molar-refractivity contribution in [3.63, 3.8) is 0 Å². The molecule has 1 atom stereocenters. The number of morpholine rings is 1. The average molecular weight is 298 g/mol. The van der Waals surface area contributed by atoms with E-state index >= 15 is 0 Å².